The second-order valence-corrected chi connectivity index (χ2v) is 8.78. The van der Waals surface area contributed by atoms with Crippen LogP contribution in [0.2, 0.25) is 5.02 Å². The first-order valence-electron chi connectivity index (χ1n) is 9.45. The molecule has 2 aliphatic rings. The largest absolute Gasteiger partial charge is 0.359 e. The molecule has 2 nitrogen and oxygen atoms in total. The minimum Gasteiger partial charge on any atom is -0.359 e. The fraction of sp³-hybridized carbons (Fsp3) is 0.391. The van der Waals surface area contributed by atoms with Crippen molar-refractivity contribution in [3.63, 3.8) is 0 Å². The van der Waals surface area contributed by atoms with Crippen LogP contribution in [-0.2, 0) is 6.42 Å². The number of hydrogen-bond acceptors (Lipinski definition) is 2. The molecule has 0 aromatic heterocycles. The highest BCUT2D eigenvalue weighted by Gasteiger charge is 2.40. The van der Waals surface area contributed by atoms with E-state index >= 15 is 0 Å². The van der Waals surface area contributed by atoms with E-state index in [1.54, 1.807) is 24.3 Å². The monoisotopic (exact) mass is 399 g/mol. The van der Waals surface area contributed by atoms with Gasteiger partial charge in [0.15, 0.2) is 5.78 Å². The van der Waals surface area contributed by atoms with Gasteiger partial charge in [-0.3, -0.25) is 4.79 Å². The molecule has 1 unspecified atom stereocenters. The van der Waals surface area contributed by atoms with E-state index in [-0.39, 0.29) is 11.2 Å². The molecule has 1 aliphatic carbocycles. The smallest absolute Gasteiger partial charge is 0.159 e. The molecule has 0 bridgehead atoms. The van der Waals surface area contributed by atoms with Crippen LogP contribution in [0.25, 0.3) is 0 Å². The van der Waals surface area contributed by atoms with Crippen LogP contribution in [0.1, 0.15) is 61.1 Å². The van der Waals surface area contributed by atoms with Crippen molar-refractivity contribution in [1.82, 2.24) is 4.90 Å². The van der Waals surface area contributed by atoms with E-state index < -0.39 is 0 Å². The van der Waals surface area contributed by atoms with Crippen molar-refractivity contribution < 1.29 is 4.79 Å². The third-order valence-electron chi connectivity index (χ3n) is 5.53. The fourth-order valence-electron chi connectivity index (χ4n) is 3.86. The lowest BCUT2D eigenvalue weighted by atomic mass is 9.93. The lowest BCUT2D eigenvalue weighted by Crippen LogP contribution is -2.32. The highest BCUT2D eigenvalue weighted by Crippen LogP contribution is 2.42. The molecule has 0 amide bonds. The van der Waals surface area contributed by atoms with Crippen molar-refractivity contribution in [3.05, 3.63) is 70.2 Å². The number of thiocarbonyl (C=S) groups is 1. The van der Waals surface area contributed by atoms with Gasteiger partial charge < -0.3 is 4.90 Å². The SMILES string of the molecule is CC(=O)c1cccc(Cl)c1.CC1(C)CCN(C2CCc3ccccc32)C1=S. The first-order chi connectivity index (χ1) is 12.8. The van der Waals surface area contributed by atoms with E-state index in [2.05, 4.69) is 43.0 Å². The number of carbonyl (C=O) groups excluding carboxylic acids is 1. The highest BCUT2D eigenvalue weighted by atomic mass is 35.5. The van der Waals surface area contributed by atoms with Crippen LogP contribution >= 0.6 is 23.8 Å². The summed E-state index contributed by atoms with van der Waals surface area (Å²) < 4.78 is 0. The summed E-state index contributed by atoms with van der Waals surface area (Å²) in [4.78, 5) is 14.4. The normalized spacial score (nSPS) is 20.1. The van der Waals surface area contributed by atoms with Crippen molar-refractivity contribution in [2.24, 2.45) is 5.41 Å². The zero-order valence-electron chi connectivity index (χ0n) is 16.2. The van der Waals surface area contributed by atoms with Crippen LogP contribution in [0.4, 0.5) is 0 Å². The van der Waals surface area contributed by atoms with E-state index in [1.807, 2.05) is 0 Å². The van der Waals surface area contributed by atoms with Crippen molar-refractivity contribution in [2.45, 2.75) is 46.1 Å². The Morgan fingerprint density at radius 2 is 1.93 bits per heavy atom. The molecule has 4 rings (SSSR count). The second kappa shape index (κ2) is 8.12. The molecular weight excluding hydrogens is 374 g/mol. The Kier molecular flexibility index (Phi) is 6.02. The zero-order valence-corrected chi connectivity index (χ0v) is 17.7. The maximum atomic E-state index is 10.7. The molecule has 2 aromatic rings. The van der Waals surface area contributed by atoms with Gasteiger partial charge in [0, 0.05) is 22.5 Å². The van der Waals surface area contributed by atoms with Crippen molar-refractivity contribution in [1.29, 1.82) is 0 Å². The standard InChI is InChI=1S/C15H19NS.C8H7ClO/c1-15(2)9-10-16(14(15)17)13-8-7-11-5-3-4-6-12(11)13;1-6(10)7-3-2-4-8(9)5-7/h3-6,13H,7-10H2,1-2H3;2-5H,1H3. The maximum absolute atomic E-state index is 10.7. The Labute approximate surface area is 172 Å². The third-order valence-corrected chi connectivity index (χ3v) is 6.55. The van der Waals surface area contributed by atoms with E-state index in [1.165, 1.54) is 42.3 Å². The summed E-state index contributed by atoms with van der Waals surface area (Å²) in [5.74, 6) is 0.0440. The first kappa shape index (κ1) is 20.0. The van der Waals surface area contributed by atoms with Gasteiger partial charge in [-0.05, 0) is 49.4 Å². The summed E-state index contributed by atoms with van der Waals surface area (Å²) >= 11 is 11.3. The van der Waals surface area contributed by atoms with Gasteiger partial charge in [-0.25, -0.2) is 0 Å². The predicted molar refractivity (Wildman–Crippen MR) is 117 cm³/mol. The quantitative estimate of drug-likeness (QED) is 0.438. The number of Topliss-reactive ketones (excluding diaryl/α,β-unsaturated/α-hetero) is 1. The number of fused-ring (bicyclic) bond motifs is 1. The van der Waals surface area contributed by atoms with Gasteiger partial charge >= 0.3 is 0 Å². The molecule has 0 saturated carbocycles. The van der Waals surface area contributed by atoms with Gasteiger partial charge in [0.1, 0.15) is 0 Å². The van der Waals surface area contributed by atoms with Crippen LogP contribution in [0.5, 0.6) is 0 Å². The summed E-state index contributed by atoms with van der Waals surface area (Å²) in [6.07, 6.45) is 3.64. The Morgan fingerprint density at radius 3 is 2.52 bits per heavy atom. The number of halogens is 1. The van der Waals surface area contributed by atoms with E-state index in [0.29, 0.717) is 16.6 Å². The van der Waals surface area contributed by atoms with E-state index in [9.17, 15) is 4.79 Å². The third kappa shape index (κ3) is 4.41. The number of ketones is 1. The summed E-state index contributed by atoms with van der Waals surface area (Å²) in [5.41, 5.74) is 3.90. The molecule has 0 radical (unpaired) electrons. The van der Waals surface area contributed by atoms with Gasteiger partial charge in [0.2, 0.25) is 0 Å². The molecule has 0 N–H and O–H groups in total. The molecule has 1 fully saturated rings. The van der Waals surface area contributed by atoms with Crippen LogP contribution < -0.4 is 0 Å². The number of hydrogen-bond donors (Lipinski definition) is 0. The summed E-state index contributed by atoms with van der Waals surface area (Å²) in [5, 5.41) is 0.604. The molecule has 27 heavy (non-hydrogen) atoms. The summed E-state index contributed by atoms with van der Waals surface area (Å²) in [6.45, 7) is 7.20. The van der Waals surface area contributed by atoms with E-state index in [4.69, 9.17) is 23.8 Å². The predicted octanol–water partition coefficient (Wildman–Crippen LogP) is 6.28. The van der Waals surface area contributed by atoms with Gasteiger partial charge in [-0.1, -0.05) is 74.1 Å². The number of aryl methyl sites for hydroxylation is 1. The van der Waals surface area contributed by atoms with Gasteiger partial charge in [-0.2, -0.15) is 0 Å². The van der Waals surface area contributed by atoms with Gasteiger partial charge in [-0.15, -0.1) is 0 Å². The molecule has 4 heteroatoms. The second-order valence-electron chi connectivity index (χ2n) is 7.95. The zero-order chi connectivity index (χ0) is 19.6. The van der Waals surface area contributed by atoms with Crippen LogP contribution in [0.3, 0.4) is 0 Å². The van der Waals surface area contributed by atoms with Crippen molar-refractivity contribution >= 4 is 34.6 Å². The molecule has 142 valence electrons. The topological polar surface area (TPSA) is 20.3 Å². The lowest BCUT2D eigenvalue weighted by molar-refractivity contribution is 0.101. The minimum atomic E-state index is 0.0440. The first-order valence-corrected chi connectivity index (χ1v) is 10.2. The Balaban J connectivity index is 0.000000180. The Bertz CT molecular complexity index is 861. The van der Waals surface area contributed by atoms with Gasteiger partial charge in [0.25, 0.3) is 0 Å². The lowest BCUT2D eigenvalue weighted by Gasteiger charge is -2.29. The van der Waals surface area contributed by atoms with Crippen molar-refractivity contribution in [2.75, 3.05) is 6.54 Å². The maximum Gasteiger partial charge on any atom is 0.159 e. The minimum absolute atomic E-state index is 0.0440. The average Bonchev–Trinajstić information content (AvgIpc) is 3.17. The fourth-order valence-corrected chi connectivity index (χ4v) is 4.37. The van der Waals surface area contributed by atoms with Gasteiger partial charge in [0.05, 0.1) is 11.0 Å². The van der Waals surface area contributed by atoms with Crippen LogP contribution in [-0.4, -0.2) is 22.2 Å². The molecular formula is C23H26ClNOS. The Morgan fingerprint density at radius 1 is 1.19 bits per heavy atom. The molecule has 1 atom stereocenters. The number of nitrogens with zero attached hydrogens (tertiary/aromatic N) is 1. The molecule has 2 aromatic carbocycles. The Hall–Kier alpha value is -1.71. The van der Waals surface area contributed by atoms with Crippen molar-refractivity contribution in [3.8, 4) is 0 Å². The molecule has 0 spiro atoms. The number of likely N-dealkylation sites (tertiary alicyclic amines) is 1. The van der Waals surface area contributed by atoms with Crippen LogP contribution in [0.15, 0.2) is 48.5 Å². The number of rotatable bonds is 2. The molecule has 1 saturated heterocycles. The summed E-state index contributed by atoms with van der Waals surface area (Å²) in [7, 11) is 0. The number of carbonyl (C=O) groups is 1. The van der Waals surface area contributed by atoms with E-state index in [0.717, 1.165) is 6.54 Å². The average molecular weight is 400 g/mol. The molecule has 1 heterocycles. The summed E-state index contributed by atoms with van der Waals surface area (Å²) in [6, 6.07) is 16.3. The highest BCUT2D eigenvalue weighted by molar-refractivity contribution is 7.80. The molecule has 1 aliphatic heterocycles. The van der Waals surface area contributed by atoms with Crippen LogP contribution in [0, 0.1) is 5.41 Å². The number of benzene rings is 2.